The summed E-state index contributed by atoms with van der Waals surface area (Å²) in [6.45, 7) is 4.68. The molecule has 1 aliphatic rings. The topological polar surface area (TPSA) is 116 Å². The van der Waals surface area contributed by atoms with Crippen LogP contribution in [0.4, 0.5) is 0 Å². The lowest BCUT2D eigenvalue weighted by Gasteiger charge is -2.22. The highest BCUT2D eigenvalue weighted by atomic mass is 32.1. The van der Waals surface area contributed by atoms with Crippen LogP contribution >= 0.6 is 68.0 Å². The number of aromatic nitrogens is 9. The largest absolute Gasteiger partial charge is 0.208 e. The fraction of sp³-hybridized carbons (Fsp3) is 0.0238. The molecular weight excluding hydrogens is 1830 g/mol. The van der Waals surface area contributed by atoms with Crippen molar-refractivity contribution in [2.45, 2.75) is 19.3 Å². The van der Waals surface area contributed by atoms with Crippen LogP contribution in [0, 0.1) is 0 Å². The number of hydrogen-bond acceptors (Lipinski definition) is 15. The van der Waals surface area contributed by atoms with Gasteiger partial charge in [-0.3, -0.25) is 0 Å². The van der Waals surface area contributed by atoms with Gasteiger partial charge in [0.05, 0.1) is 0 Å². The lowest BCUT2D eigenvalue weighted by atomic mass is 9.81. The molecule has 0 spiro atoms. The molecule has 0 unspecified atom stereocenters. The van der Waals surface area contributed by atoms with Gasteiger partial charge < -0.3 is 0 Å². The van der Waals surface area contributed by atoms with E-state index in [1.54, 1.807) is 22.7 Å². The number of benzene rings is 20. The highest BCUT2D eigenvalue weighted by Gasteiger charge is 2.37. The predicted molar refractivity (Wildman–Crippen MR) is 601 cm³/mol. The first-order chi connectivity index (χ1) is 69.5. The molecule has 30 rings (SSSR count). The van der Waals surface area contributed by atoms with Gasteiger partial charge in [0.2, 0.25) is 0 Å². The van der Waals surface area contributed by atoms with Crippen molar-refractivity contribution in [1.82, 2.24) is 44.9 Å². The molecule has 15 heteroatoms. The molecule has 1 aliphatic carbocycles. The molecule has 29 aromatic rings. The SMILES string of the molecule is CC1(C)c2cc(-c3nc(-c4cccc5sc6ccccc6c45)nc(-c4cccc5sc6ccccc6c45)n3)ccc2-c2cc3ccccc3cc21.c1ccc2cc(-c3ccc(-c4nc(-c5cccc6sc7ccccc7c56)nc(-c5cccc6sc7ccccc7c56)n4)cc3)ccc2c1.c1ccc2cc(-c3nc(-c4ccc5sc6ccccc6c5c4)nc(-c4ccc5sc6ccccc6c5c4)n3)ccc2c1. The first-order valence-corrected chi connectivity index (χ1v) is 52.0. The zero-order valence-corrected chi connectivity index (χ0v) is 80.7. The highest BCUT2D eigenvalue weighted by Crippen LogP contribution is 2.53. The Bertz CT molecular complexity index is 9850. The van der Waals surface area contributed by atoms with Gasteiger partial charge in [-0.1, -0.05) is 305 Å². The summed E-state index contributed by atoms with van der Waals surface area (Å²) in [4.78, 5) is 46.8. The van der Waals surface area contributed by atoms with E-state index in [0.717, 1.165) is 61.0 Å². The lowest BCUT2D eigenvalue weighted by molar-refractivity contribution is 0.661. The minimum absolute atomic E-state index is 0.175. The van der Waals surface area contributed by atoms with Crippen LogP contribution in [0.2, 0.25) is 0 Å². The average Bonchev–Trinajstić information content (AvgIpc) is 1.56. The van der Waals surface area contributed by atoms with Gasteiger partial charge in [-0.25, -0.2) is 44.9 Å². The molecule has 0 aliphatic heterocycles. The minimum Gasteiger partial charge on any atom is -0.208 e. The van der Waals surface area contributed by atoms with Crippen LogP contribution in [0.3, 0.4) is 0 Å². The van der Waals surface area contributed by atoms with Crippen LogP contribution in [0.1, 0.15) is 25.0 Å². The Balaban J connectivity index is 0.000000104. The Hall–Kier alpha value is -16.5. The van der Waals surface area contributed by atoms with E-state index < -0.39 is 0 Å². The smallest absolute Gasteiger partial charge is 0.164 e. The maximum atomic E-state index is 5.32. The second kappa shape index (κ2) is 33.4. The zero-order valence-electron chi connectivity index (χ0n) is 75.8. The van der Waals surface area contributed by atoms with E-state index >= 15 is 0 Å². The summed E-state index contributed by atoms with van der Waals surface area (Å²) in [7, 11) is 0. The monoisotopic (exact) mass is 1910 g/mol. The number of rotatable bonds is 10. The Kier molecular flexibility index (Phi) is 19.6. The third-order valence-corrected chi connectivity index (χ3v) is 34.6. The quantitative estimate of drug-likeness (QED) is 0.132. The van der Waals surface area contributed by atoms with Crippen LogP contribution in [-0.4, -0.2) is 44.9 Å². The molecule has 660 valence electrons. The third kappa shape index (κ3) is 14.3. The van der Waals surface area contributed by atoms with Crippen molar-refractivity contribution in [2.75, 3.05) is 0 Å². The van der Waals surface area contributed by atoms with E-state index in [4.69, 9.17) is 44.9 Å². The van der Waals surface area contributed by atoms with Gasteiger partial charge in [-0.15, -0.1) is 68.0 Å². The van der Waals surface area contributed by atoms with Crippen molar-refractivity contribution in [3.63, 3.8) is 0 Å². The van der Waals surface area contributed by atoms with Crippen molar-refractivity contribution in [1.29, 1.82) is 0 Å². The normalized spacial score (nSPS) is 12.4. The van der Waals surface area contributed by atoms with Gasteiger partial charge in [0, 0.05) is 177 Å². The minimum atomic E-state index is -0.175. The second-order valence-corrected chi connectivity index (χ2v) is 43.0. The summed E-state index contributed by atoms with van der Waals surface area (Å²) in [5.41, 5.74) is 16.4. The molecule has 0 radical (unpaired) electrons. The molecule has 141 heavy (non-hydrogen) atoms. The third-order valence-electron chi connectivity index (χ3n) is 27.8. The Morgan fingerprint density at radius 2 is 0.404 bits per heavy atom. The van der Waals surface area contributed by atoms with Gasteiger partial charge in [0.15, 0.2) is 52.4 Å². The maximum Gasteiger partial charge on any atom is 0.164 e. The van der Waals surface area contributed by atoms with Crippen molar-refractivity contribution < 1.29 is 0 Å². The molecule has 0 fully saturated rings. The molecular formula is C126H75N9S6. The fourth-order valence-electron chi connectivity index (χ4n) is 20.9. The molecule has 0 bridgehead atoms. The van der Waals surface area contributed by atoms with Crippen LogP contribution in [-0.2, 0) is 5.41 Å². The standard InChI is InChI=1S/C46H29N3S2.C43H25N3S2.C37H21N3S2/c1-46(2)35-25-28(21-22-29(35)34-23-26-11-3-4-12-27(26)24-36(34)46)43-47-44(32-15-9-19-39-41(32)30-13-5-7-17-37(30)50-39)49-45(48-43)33-16-10-20-40-42(33)31-14-6-8-18-38(31)51-40;1-2-10-29-25-30(24-21-26(29)9-1)27-19-22-28(23-20-27)41-44-42(33-13-7-17-37-39(33)31-11-3-5-15-35(31)47-37)46-43(45-41)34-14-8-18-38-40(34)32-12-4-6-16-36(32)48-38;1-2-8-23-19-24(14-13-22(23)7-1)35-38-36(25-15-17-33-29(20-25)27-9-3-5-11-31(27)41-33)40-37(39-35)26-16-18-34-30(21-26)28-10-4-6-12-32(28)42-34/h3-25H,1-2H3;1-25H;1-21H. The van der Waals surface area contributed by atoms with Gasteiger partial charge >= 0.3 is 0 Å². The van der Waals surface area contributed by atoms with Gasteiger partial charge in [0.1, 0.15) is 0 Å². The fourth-order valence-corrected chi connectivity index (χ4v) is 27.6. The number of nitrogens with zero attached hydrogens (tertiary/aromatic N) is 9. The molecule has 9 aromatic heterocycles. The number of hydrogen-bond donors (Lipinski definition) is 0. The molecule has 0 saturated heterocycles. The van der Waals surface area contributed by atoms with Crippen LogP contribution in [0.15, 0.2) is 419 Å². The second-order valence-electron chi connectivity index (χ2n) is 36.5. The van der Waals surface area contributed by atoms with E-state index in [1.165, 1.54) is 176 Å². The van der Waals surface area contributed by atoms with E-state index in [1.807, 2.05) is 45.3 Å². The summed E-state index contributed by atoms with van der Waals surface area (Å²) in [5, 5.41) is 22.0. The Morgan fingerprint density at radius 1 is 0.149 bits per heavy atom. The van der Waals surface area contributed by atoms with E-state index in [0.29, 0.717) is 52.4 Å². The maximum absolute atomic E-state index is 5.32. The van der Waals surface area contributed by atoms with Crippen LogP contribution in [0.25, 0.3) is 278 Å². The molecule has 9 heterocycles. The van der Waals surface area contributed by atoms with Crippen LogP contribution < -0.4 is 0 Å². The molecule has 0 N–H and O–H groups in total. The summed E-state index contributed by atoms with van der Waals surface area (Å²) in [6, 6.07) is 149. The van der Waals surface area contributed by atoms with Gasteiger partial charge in [-0.2, -0.15) is 0 Å². The van der Waals surface area contributed by atoms with E-state index in [9.17, 15) is 0 Å². The van der Waals surface area contributed by atoms with Crippen molar-refractivity contribution >= 4 is 221 Å². The van der Waals surface area contributed by atoms with Crippen molar-refractivity contribution in [2.24, 2.45) is 0 Å². The molecule has 0 saturated carbocycles. The molecule has 0 atom stereocenters. The predicted octanol–water partition coefficient (Wildman–Crippen LogP) is 36.3. The molecule has 0 amide bonds. The summed E-state index contributed by atoms with van der Waals surface area (Å²) < 4.78 is 15.0. The van der Waals surface area contributed by atoms with E-state index in [2.05, 4.69) is 432 Å². The lowest BCUT2D eigenvalue weighted by Crippen LogP contribution is -2.15. The first-order valence-electron chi connectivity index (χ1n) is 47.1. The average molecular weight is 1910 g/mol. The van der Waals surface area contributed by atoms with E-state index in [-0.39, 0.29) is 5.41 Å². The number of fused-ring (bicyclic) bond motifs is 24. The highest BCUT2D eigenvalue weighted by molar-refractivity contribution is 7.28. The van der Waals surface area contributed by atoms with Crippen LogP contribution in [0.5, 0.6) is 0 Å². The van der Waals surface area contributed by atoms with Crippen molar-refractivity contribution in [3.8, 4) is 125 Å². The Morgan fingerprint density at radius 3 is 0.816 bits per heavy atom. The van der Waals surface area contributed by atoms with Gasteiger partial charge in [0.25, 0.3) is 0 Å². The first kappa shape index (κ1) is 82.8. The molecule has 20 aromatic carbocycles. The zero-order chi connectivity index (χ0) is 93.1. The summed E-state index contributed by atoms with van der Waals surface area (Å²) in [6.07, 6.45) is 0. The summed E-state index contributed by atoms with van der Waals surface area (Å²) >= 11 is 10.9. The van der Waals surface area contributed by atoms with Crippen molar-refractivity contribution in [3.05, 3.63) is 430 Å². The summed E-state index contributed by atoms with van der Waals surface area (Å²) in [5.74, 6) is 6.11. The van der Waals surface area contributed by atoms with Gasteiger partial charge in [-0.05, 0) is 193 Å². The molecule has 9 nitrogen and oxygen atoms in total. The number of thiophene rings is 6. The Labute approximate surface area is 832 Å².